The van der Waals surface area contributed by atoms with Gasteiger partial charge in [0.1, 0.15) is 5.75 Å². The van der Waals surface area contributed by atoms with Gasteiger partial charge in [0.2, 0.25) is 10.0 Å². The zero-order valence-electron chi connectivity index (χ0n) is 10.3. The van der Waals surface area contributed by atoms with Crippen LogP contribution in [-0.4, -0.2) is 33.0 Å². The molecule has 2 heterocycles. The zero-order valence-corrected chi connectivity index (χ0v) is 11.1. The van der Waals surface area contributed by atoms with Crippen LogP contribution in [-0.2, 0) is 15.8 Å². The van der Waals surface area contributed by atoms with Gasteiger partial charge in [-0.1, -0.05) is 6.07 Å². The van der Waals surface area contributed by atoms with Crippen LogP contribution in [0.15, 0.2) is 24.4 Å². The Bertz CT molecular complexity index is 455. The van der Waals surface area contributed by atoms with Crippen molar-refractivity contribution in [1.29, 1.82) is 0 Å². The maximum Gasteiger partial charge on any atom is 0.217 e. The number of nitrogens with zero attached hydrogens (tertiary/aromatic N) is 1. The predicted octanol–water partition coefficient (Wildman–Crippen LogP) is 0.501. The topological polar surface area (TPSA) is 71.1 Å². The quantitative estimate of drug-likeness (QED) is 0.816. The minimum absolute atomic E-state index is 0.0476. The Morgan fingerprint density at radius 1 is 1.44 bits per heavy atom. The van der Waals surface area contributed by atoms with Crippen molar-refractivity contribution in [3.63, 3.8) is 0 Å². The molecule has 2 N–H and O–H groups in total. The number of hydrogen-bond acceptors (Lipinski definition) is 4. The minimum atomic E-state index is -3.27. The molecule has 0 unspecified atom stereocenters. The van der Waals surface area contributed by atoms with Gasteiger partial charge in [-0.2, -0.15) is 0 Å². The summed E-state index contributed by atoms with van der Waals surface area (Å²) in [4.78, 5) is 4.03. The van der Waals surface area contributed by atoms with Crippen LogP contribution in [0.3, 0.4) is 0 Å². The van der Waals surface area contributed by atoms with Crippen molar-refractivity contribution in [3.8, 4) is 0 Å². The second kappa shape index (κ2) is 6.26. The molecule has 2 rings (SSSR count). The number of rotatable bonds is 5. The van der Waals surface area contributed by atoms with Gasteiger partial charge in [-0.15, -0.1) is 0 Å². The van der Waals surface area contributed by atoms with E-state index in [-0.39, 0.29) is 5.75 Å². The maximum atomic E-state index is 11.9. The maximum absolute atomic E-state index is 11.9. The van der Waals surface area contributed by atoms with Gasteiger partial charge in [0.15, 0.2) is 0 Å². The second-order valence-corrected chi connectivity index (χ2v) is 6.45. The molecule has 1 aliphatic heterocycles. The van der Waals surface area contributed by atoms with Crippen molar-refractivity contribution in [2.45, 2.75) is 18.6 Å². The van der Waals surface area contributed by atoms with Crippen LogP contribution in [0.4, 0.5) is 0 Å². The molecule has 1 saturated heterocycles. The highest BCUT2D eigenvalue weighted by molar-refractivity contribution is 7.88. The summed E-state index contributed by atoms with van der Waals surface area (Å²) in [5, 5.41) is 3.27. The number of nitrogens with one attached hydrogen (secondary N) is 2. The summed E-state index contributed by atoms with van der Waals surface area (Å²) in [5.41, 5.74) is 0.576. The highest BCUT2D eigenvalue weighted by Crippen LogP contribution is 2.09. The first-order chi connectivity index (χ1) is 8.66. The van der Waals surface area contributed by atoms with Crippen LogP contribution >= 0.6 is 0 Å². The first kappa shape index (κ1) is 13.5. The van der Waals surface area contributed by atoms with Crippen LogP contribution in [0.5, 0.6) is 0 Å². The molecule has 1 aromatic heterocycles. The lowest BCUT2D eigenvalue weighted by atomic mass is 10.0. The molecule has 0 saturated carbocycles. The Labute approximate surface area is 108 Å². The lowest BCUT2D eigenvalue weighted by Crippen LogP contribution is -2.38. The minimum Gasteiger partial charge on any atom is -0.316 e. The van der Waals surface area contributed by atoms with Crippen LogP contribution in [0.2, 0.25) is 0 Å². The first-order valence-corrected chi connectivity index (χ1v) is 7.89. The lowest BCUT2D eigenvalue weighted by Gasteiger charge is -2.22. The molecule has 100 valence electrons. The molecular formula is C12H19N3O2S. The summed E-state index contributed by atoms with van der Waals surface area (Å²) < 4.78 is 26.4. The molecule has 0 aromatic carbocycles. The van der Waals surface area contributed by atoms with Gasteiger partial charge in [-0.05, 0) is 44.0 Å². The van der Waals surface area contributed by atoms with E-state index in [1.165, 1.54) is 0 Å². The van der Waals surface area contributed by atoms with E-state index in [1.807, 2.05) is 0 Å². The second-order valence-electron chi connectivity index (χ2n) is 4.64. The Balaban J connectivity index is 1.83. The monoisotopic (exact) mass is 269 g/mol. The van der Waals surface area contributed by atoms with Gasteiger partial charge >= 0.3 is 0 Å². The Morgan fingerprint density at radius 3 is 3.00 bits per heavy atom. The van der Waals surface area contributed by atoms with Crippen molar-refractivity contribution in [3.05, 3.63) is 30.1 Å². The van der Waals surface area contributed by atoms with Crippen molar-refractivity contribution in [2.75, 3.05) is 19.6 Å². The number of pyridine rings is 1. The van der Waals surface area contributed by atoms with Crippen LogP contribution in [0.25, 0.3) is 0 Å². The fourth-order valence-corrected chi connectivity index (χ4v) is 3.22. The third-order valence-electron chi connectivity index (χ3n) is 3.05. The van der Waals surface area contributed by atoms with Crippen molar-refractivity contribution in [1.82, 2.24) is 15.0 Å². The van der Waals surface area contributed by atoms with Gasteiger partial charge in [-0.3, -0.25) is 4.98 Å². The summed E-state index contributed by atoms with van der Waals surface area (Å²) in [5.74, 6) is 0.353. The molecule has 1 fully saturated rings. The molecule has 5 nitrogen and oxygen atoms in total. The largest absolute Gasteiger partial charge is 0.316 e. The Morgan fingerprint density at radius 2 is 2.33 bits per heavy atom. The normalized spacial score (nSPS) is 20.8. The molecule has 0 spiro atoms. The highest BCUT2D eigenvalue weighted by Gasteiger charge is 2.17. The van der Waals surface area contributed by atoms with E-state index in [0.717, 1.165) is 25.9 Å². The molecular weight excluding hydrogens is 250 g/mol. The molecule has 18 heavy (non-hydrogen) atoms. The molecule has 1 atom stereocenters. The smallest absolute Gasteiger partial charge is 0.217 e. The van der Waals surface area contributed by atoms with E-state index in [0.29, 0.717) is 18.2 Å². The van der Waals surface area contributed by atoms with E-state index in [4.69, 9.17) is 0 Å². The van der Waals surface area contributed by atoms with Crippen LogP contribution in [0.1, 0.15) is 18.5 Å². The van der Waals surface area contributed by atoms with E-state index in [9.17, 15) is 8.42 Å². The summed E-state index contributed by atoms with van der Waals surface area (Å²) >= 11 is 0. The standard InChI is InChI=1S/C12H19N3O2S/c16-18(17,10-12-5-1-2-7-14-12)15-9-11-4-3-6-13-8-11/h1-2,5,7,11,13,15H,3-4,6,8-10H2/t11-/m0/s1. The Hall–Kier alpha value is -0.980. The van der Waals surface area contributed by atoms with Gasteiger partial charge in [0.25, 0.3) is 0 Å². The summed E-state index contributed by atoms with van der Waals surface area (Å²) in [6.45, 7) is 2.45. The summed E-state index contributed by atoms with van der Waals surface area (Å²) in [6.07, 6.45) is 3.81. The fraction of sp³-hybridized carbons (Fsp3) is 0.583. The summed E-state index contributed by atoms with van der Waals surface area (Å²) in [6, 6.07) is 5.29. The van der Waals surface area contributed by atoms with Gasteiger partial charge in [0.05, 0.1) is 5.69 Å². The van der Waals surface area contributed by atoms with Gasteiger partial charge in [0, 0.05) is 12.7 Å². The molecule has 0 aliphatic carbocycles. The fourth-order valence-electron chi connectivity index (χ4n) is 2.07. The number of sulfonamides is 1. The number of aromatic nitrogens is 1. The van der Waals surface area contributed by atoms with Crippen LogP contribution < -0.4 is 10.0 Å². The number of hydrogen-bond donors (Lipinski definition) is 2. The van der Waals surface area contributed by atoms with E-state index >= 15 is 0 Å². The molecule has 6 heteroatoms. The lowest BCUT2D eigenvalue weighted by molar-refractivity contribution is 0.376. The predicted molar refractivity (Wildman–Crippen MR) is 70.5 cm³/mol. The number of piperidine rings is 1. The SMILES string of the molecule is O=S(=O)(Cc1ccccn1)NC[C@H]1CCCNC1. The van der Waals surface area contributed by atoms with Crippen molar-refractivity contribution < 1.29 is 8.42 Å². The zero-order chi connectivity index (χ0) is 12.8. The molecule has 1 aromatic rings. The first-order valence-electron chi connectivity index (χ1n) is 6.24. The third-order valence-corrected chi connectivity index (χ3v) is 4.34. The summed E-state index contributed by atoms with van der Waals surface area (Å²) in [7, 11) is -3.27. The highest BCUT2D eigenvalue weighted by atomic mass is 32.2. The van der Waals surface area contributed by atoms with Crippen LogP contribution in [0, 0.1) is 5.92 Å². The molecule has 0 radical (unpaired) electrons. The van der Waals surface area contributed by atoms with Crippen molar-refractivity contribution >= 4 is 10.0 Å². The van der Waals surface area contributed by atoms with E-state index < -0.39 is 10.0 Å². The average Bonchev–Trinajstić information content (AvgIpc) is 2.38. The van der Waals surface area contributed by atoms with Gasteiger partial charge < -0.3 is 5.32 Å². The molecule has 0 bridgehead atoms. The van der Waals surface area contributed by atoms with E-state index in [2.05, 4.69) is 15.0 Å². The van der Waals surface area contributed by atoms with Crippen molar-refractivity contribution in [2.24, 2.45) is 5.92 Å². The Kier molecular flexibility index (Phi) is 4.68. The molecule has 1 aliphatic rings. The molecule has 0 amide bonds. The van der Waals surface area contributed by atoms with E-state index in [1.54, 1.807) is 24.4 Å². The third kappa shape index (κ3) is 4.36. The van der Waals surface area contributed by atoms with Gasteiger partial charge in [-0.25, -0.2) is 13.1 Å². The average molecular weight is 269 g/mol.